The quantitative estimate of drug-likeness (QED) is 0.758. The van der Waals surface area contributed by atoms with Gasteiger partial charge < -0.3 is 15.0 Å². The fraction of sp³-hybridized carbons (Fsp3) is 0.278. The van der Waals surface area contributed by atoms with Gasteiger partial charge in [0.05, 0.1) is 12.0 Å². The average Bonchev–Trinajstić information content (AvgIpc) is 3.06. The molecule has 1 aromatic carbocycles. The van der Waals surface area contributed by atoms with Crippen molar-refractivity contribution in [2.24, 2.45) is 0 Å². The first-order valence-corrected chi connectivity index (χ1v) is 8.09. The Morgan fingerprint density at radius 3 is 3.17 bits per heavy atom. The molecule has 1 aliphatic carbocycles. The van der Waals surface area contributed by atoms with Crippen molar-refractivity contribution in [2.45, 2.75) is 24.3 Å². The van der Waals surface area contributed by atoms with E-state index in [0.29, 0.717) is 17.9 Å². The van der Waals surface area contributed by atoms with Gasteiger partial charge in [0.25, 0.3) is 5.91 Å². The topological polar surface area (TPSA) is 79.9 Å². The molecule has 0 saturated heterocycles. The number of nitrogens with zero attached hydrogens (tertiary/aromatic N) is 2. The number of carbonyl (C=O) groups excluding carboxylic acids is 1. The summed E-state index contributed by atoms with van der Waals surface area (Å²) in [5, 5.41) is 3.90. The fourth-order valence-electron chi connectivity index (χ4n) is 3.83. The smallest absolute Gasteiger partial charge is 0.270 e. The zero-order valence-corrected chi connectivity index (χ0v) is 13.0. The van der Waals surface area contributed by atoms with Crippen LogP contribution in [-0.2, 0) is 5.41 Å². The molecule has 1 spiro atoms. The number of aromatic nitrogens is 3. The summed E-state index contributed by atoms with van der Waals surface area (Å²) < 4.78 is 5.75. The molecule has 6 nitrogen and oxygen atoms in total. The van der Waals surface area contributed by atoms with E-state index in [1.54, 1.807) is 6.20 Å². The molecule has 2 N–H and O–H groups in total. The number of amides is 1. The van der Waals surface area contributed by atoms with Crippen molar-refractivity contribution < 1.29 is 9.53 Å². The Morgan fingerprint density at radius 1 is 1.29 bits per heavy atom. The van der Waals surface area contributed by atoms with Gasteiger partial charge in [0.15, 0.2) is 0 Å². The number of aromatic amines is 1. The molecule has 120 valence electrons. The van der Waals surface area contributed by atoms with Crippen LogP contribution < -0.4 is 10.1 Å². The third-order valence-corrected chi connectivity index (χ3v) is 5.18. The molecule has 1 amide bonds. The molecule has 0 bridgehead atoms. The van der Waals surface area contributed by atoms with Gasteiger partial charge in [-0.25, -0.2) is 9.97 Å². The van der Waals surface area contributed by atoms with E-state index in [2.05, 4.69) is 26.3 Å². The Balaban J connectivity index is 1.43. The van der Waals surface area contributed by atoms with E-state index < -0.39 is 0 Å². The van der Waals surface area contributed by atoms with Crippen LogP contribution in [0.4, 0.5) is 0 Å². The predicted molar refractivity (Wildman–Crippen MR) is 88.0 cm³/mol. The number of rotatable bonds is 2. The first-order chi connectivity index (χ1) is 11.8. The summed E-state index contributed by atoms with van der Waals surface area (Å²) in [6, 6.07) is 10.1. The Hall–Kier alpha value is -2.89. The minimum Gasteiger partial charge on any atom is -0.493 e. The minimum absolute atomic E-state index is 0.00873. The molecule has 6 heteroatoms. The highest BCUT2D eigenvalue weighted by atomic mass is 16.5. The first kappa shape index (κ1) is 13.5. The predicted octanol–water partition coefficient (Wildman–Crippen LogP) is 2.18. The number of carbonyl (C=O) groups is 1. The van der Waals surface area contributed by atoms with Crippen LogP contribution >= 0.6 is 0 Å². The maximum absolute atomic E-state index is 12.7. The second-order valence-electron chi connectivity index (χ2n) is 6.44. The number of hydrogen-bond acceptors (Lipinski definition) is 4. The van der Waals surface area contributed by atoms with Crippen LogP contribution in [0.2, 0.25) is 0 Å². The molecule has 2 atom stereocenters. The number of H-pyrrole nitrogens is 1. The molecule has 24 heavy (non-hydrogen) atoms. The zero-order valence-electron chi connectivity index (χ0n) is 13.0. The van der Waals surface area contributed by atoms with Crippen LogP contribution in [-0.4, -0.2) is 33.5 Å². The van der Waals surface area contributed by atoms with E-state index in [4.69, 9.17) is 4.74 Å². The average molecular weight is 320 g/mol. The molecular formula is C18H16N4O2. The SMILES string of the molecule is O=C(N[C@@H]1C[C@]12CCOc1ccccc12)c1ncnc2[nH]ccc12. The summed E-state index contributed by atoms with van der Waals surface area (Å²) in [6.07, 6.45) is 5.06. The van der Waals surface area contributed by atoms with E-state index in [1.165, 1.54) is 11.9 Å². The first-order valence-electron chi connectivity index (χ1n) is 8.09. The van der Waals surface area contributed by atoms with Crippen molar-refractivity contribution in [3.05, 3.63) is 54.1 Å². The monoisotopic (exact) mass is 320 g/mol. The van der Waals surface area contributed by atoms with Gasteiger partial charge in [0.1, 0.15) is 23.4 Å². The van der Waals surface area contributed by atoms with E-state index in [1.807, 2.05) is 24.3 Å². The van der Waals surface area contributed by atoms with Gasteiger partial charge in [0, 0.05) is 23.2 Å². The number of benzene rings is 1. The van der Waals surface area contributed by atoms with E-state index in [0.717, 1.165) is 24.0 Å². The fourth-order valence-corrected chi connectivity index (χ4v) is 3.83. The van der Waals surface area contributed by atoms with Gasteiger partial charge in [-0.3, -0.25) is 4.79 Å². The summed E-state index contributed by atoms with van der Waals surface area (Å²) >= 11 is 0. The lowest BCUT2D eigenvalue weighted by molar-refractivity contribution is 0.0942. The number of para-hydroxylation sites is 1. The minimum atomic E-state index is -0.146. The largest absolute Gasteiger partial charge is 0.493 e. The molecule has 5 rings (SSSR count). The van der Waals surface area contributed by atoms with Gasteiger partial charge in [-0.05, 0) is 25.0 Å². The van der Waals surface area contributed by atoms with Crippen molar-refractivity contribution in [3.8, 4) is 5.75 Å². The standard InChI is InChI=1S/C18H16N4O2/c23-17(15-11-5-7-19-16(11)21-10-20-15)22-14-9-18(14)6-8-24-13-4-2-1-3-12(13)18/h1-5,7,10,14H,6,8-9H2,(H,22,23)(H,19,20,21)/t14-,18+/m1/s1. The summed E-state index contributed by atoms with van der Waals surface area (Å²) in [6.45, 7) is 0.693. The maximum atomic E-state index is 12.7. The Labute approximate surface area is 138 Å². The molecule has 0 radical (unpaired) electrons. The van der Waals surface area contributed by atoms with Crippen molar-refractivity contribution >= 4 is 16.9 Å². The van der Waals surface area contributed by atoms with Crippen LogP contribution in [0.1, 0.15) is 28.9 Å². The molecule has 1 saturated carbocycles. The Morgan fingerprint density at radius 2 is 2.21 bits per heavy atom. The van der Waals surface area contributed by atoms with E-state index in [9.17, 15) is 4.79 Å². The van der Waals surface area contributed by atoms with Crippen molar-refractivity contribution in [1.29, 1.82) is 0 Å². The Bertz CT molecular complexity index is 951. The lowest BCUT2D eigenvalue weighted by atomic mass is 9.89. The van der Waals surface area contributed by atoms with Crippen LogP contribution in [0.5, 0.6) is 5.75 Å². The molecule has 1 aliphatic heterocycles. The van der Waals surface area contributed by atoms with Gasteiger partial charge in [-0.1, -0.05) is 18.2 Å². The summed E-state index contributed by atoms with van der Waals surface area (Å²) in [5.74, 6) is 0.795. The van der Waals surface area contributed by atoms with Gasteiger partial charge in [-0.2, -0.15) is 0 Å². The van der Waals surface area contributed by atoms with Crippen molar-refractivity contribution in [1.82, 2.24) is 20.3 Å². The summed E-state index contributed by atoms with van der Waals surface area (Å²) in [7, 11) is 0. The third-order valence-electron chi connectivity index (χ3n) is 5.18. The molecule has 2 aromatic heterocycles. The van der Waals surface area contributed by atoms with E-state index in [-0.39, 0.29) is 17.4 Å². The normalized spacial score (nSPS) is 24.4. The second kappa shape index (κ2) is 4.80. The highest BCUT2D eigenvalue weighted by Crippen LogP contribution is 2.55. The lowest BCUT2D eigenvalue weighted by Gasteiger charge is -2.26. The third kappa shape index (κ3) is 1.86. The van der Waals surface area contributed by atoms with Crippen molar-refractivity contribution in [2.75, 3.05) is 6.61 Å². The van der Waals surface area contributed by atoms with Gasteiger partial charge in [-0.15, -0.1) is 0 Å². The molecule has 3 aromatic rings. The number of hydrogen-bond donors (Lipinski definition) is 2. The molecule has 2 aliphatic rings. The molecule has 3 heterocycles. The zero-order chi connectivity index (χ0) is 16.1. The highest BCUT2D eigenvalue weighted by molar-refractivity contribution is 6.03. The summed E-state index contributed by atoms with van der Waals surface area (Å²) in [5.41, 5.74) is 2.31. The second-order valence-corrected chi connectivity index (χ2v) is 6.44. The molecule has 1 fully saturated rings. The summed E-state index contributed by atoms with van der Waals surface area (Å²) in [4.78, 5) is 24.0. The number of fused-ring (bicyclic) bond motifs is 3. The van der Waals surface area contributed by atoms with Crippen LogP contribution in [0.15, 0.2) is 42.9 Å². The van der Waals surface area contributed by atoms with Crippen LogP contribution in [0.25, 0.3) is 11.0 Å². The van der Waals surface area contributed by atoms with Gasteiger partial charge >= 0.3 is 0 Å². The van der Waals surface area contributed by atoms with Crippen LogP contribution in [0, 0.1) is 0 Å². The number of ether oxygens (including phenoxy) is 1. The lowest BCUT2D eigenvalue weighted by Crippen LogP contribution is -2.34. The van der Waals surface area contributed by atoms with Crippen molar-refractivity contribution in [3.63, 3.8) is 0 Å². The number of nitrogens with one attached hydrogen (secondary N) is 2. The Kier molecular flexibility index (Phi) is 2.71. The highest BCUT2D eigenvalue weighted by Gasteiger charge is 2.58. The van der Waals surface area contributed by atoms with E-state index >= 15 is 0 Å². The molecule has 0 unspecified atom stereocenters. The van der Waals surface area contributed by atoms with Gasteiger partial charge in [0.2, 0.25) is 0 Å². The van der Waals surface area contributed by atoms with Crippen LogP contribution in [0.3, 0.4) is 0 Å². The molecular weight excluding hydrogens is 304 g/mol. The maximum Gasteiger partial charge on any atom is 0.270 e.